The van der Waals surface area contributed by atoms with Gasteiger partial charge in [-0.15, -0.1) is 0 Å². The number of carbonyl (C=O) groups excluding carboxylic acids is 3. The Morgan fingerprint density at radius 2 is 1.76 bits per heavy atom. The van der Waals surface area contributed by atoms with E-state index in [9.17, 15) is 14.4 Å². The fraction of sp³-hybridized carbons (Fsp3) is 0.250. The zero-order valence-electron chi connectivity index (χ0n) is 9.05. The van der Waals surface area contributed by atoms with E-state index in [0.29, 0.717) is 5.56 Å². The lowest BCUT2D eigenvalue weighted by atomic mass is 9.74. The number of benzene rings is 1. The maximum Gasteiger partial charge on any atom is 0.229 e. The summed E-state index contributed by atoms with van der Waals surface area (Å²) in [7, 11) is 0. The molecule has 0 spiro atoms. The number of hydrogen-bond donors (Lipinski definition) is 2. The summed E-state index contributed by atoms with van der Waals surface area (Å²) in [6.45, 7) is 0. The highest BCUT2D eigenvalue weighted by molar-refractivity contribution is 6.13. The van der Waals surface area contributed by atoms with E-state index in [1.807, 2.05) is 0 Å². The Balaban J connectivity index is 2.52. The molecule has 1 aromatic rings. The summed E-state index contributed by atoms with van der Waals surface area (Å²) in [6, 6.07) is 6.86. The van der Waals surface area contributed by atoms with Crippen molar-refractivity contribution in [1.29, 1.82) is 0 Å². The second-order valence-corrected chi connectivity index (χ2v) is 4.11. The normalized spacial score (nSPS) is 22.9. The zero-order chi connectivity index (χ0) is 12.6. The van der Waals surface area contributed by atoms with Crippen molar-refractivity contribution in [2.24, 2.45) is 23.3 Å². The van der Waals surface area contributed by atoms with Crippen LogP contribution in [-0.4, -0.2) is 17.6 Å². The Labute approximate surface area is 97.8 Å². The molecule has 17 heavy (non-hydrogen) atoms. The van der Waals surface area contributed by atoms with Gasteiger partial charge in [0.05, 0.1) is 5.92 Å². The first-order valence-corrected chi connectivity index (χ1v) is 5.23. The van der Waals surface area contributed by atoms with E-state index in [2.05, 4.69) is 0 Å². The van der Waals surface area contributed by atoms with E-state index < -0.39 is 29.4 Å². The number of rotatable bonds is 2. The first-order chi connectivity index (χ1) is 8.02. The molecule has 88 valence electrons. The predicted molar refractivity (Wildman–Crippen MR) is 59.8 cm³/mol. The molecule has 2 atom stereocenters. The van der Waals surface area contributed by atoms with Crippen LogP contribution in [0, 0.1) is 11.8 Å². The Morgan fingerprint density at radius 3 is 2.35 bits per heavy atom. The van der Waals surface area contributed by atoms with Crippen LogP contribution in [0.4, 0.5) is 0 Å². The Hall–Kier alpha value is -2.17. The van der Waals surface area contributed by atoms with Gasteiger partial charge in [0.1, 0.15) is 5.92 Å². The summed E-state index contributed by atoms with van der Waals surface area (Å²) >= 11 is 0. The van der Waals surface area contributed by atoms with Gasteiger partial charge in [-0.2, -0.15) is 0 Å². The van der Waals surface area contributed by atoms with Crippen LogP contribution >= 0.6 is 0 Å². The number of nitrogens with two attached hydrogens (primary N) is 2. The first-order valence-electron chi connectivity index (χ1n) is 5.23. The summed E-state index contributed by atoms with van der Waals surface area (Å²) in [6.07, 6.45) is 0.283. The van der Waals surface area contributed by atoms with E-state index in [4.69, 9.17) is 11.5 Å². The molecule has 2 amide bonds. The molecule has 0 bridgehead atoms. The SMILES string of the molecule is NC(=O)[C@H]1C(=O)c2ccccc2C[C@@H]1C(N)=O. The number of Topliss-reactive ketones (excluding diaryl/α,β-unsaturated/α-hetero) is 1. The first kappa shape index (κ1) is 11.3. The van der Waals surface area contributed by atoms with Crippen LogP contribution in [0.3, 0.4) is 0 Å². The molecule has 4 N–H and O–H groups in total. The maximum atomic E-state index is 12.1. The minimum Gasteiger partial charge on any atom is -0.369 e. The van der Waals surface area contributed by atoms with Gasteiger partial charge in [-0.25, -0.2) is 0 Å². The van der Waals surface area contributed by atoms with Gasteiger partial charge in [0.15, 0.2) is 5.78 Å². The average molecular weight is 232 g/mol. The average Bonchev–Trinajstić information content (AvgIpc) is 2.28. The molecule has 0 unspecified atom stereocenters. The second-order valence-electron chi connectivity index (χ2n) is 4.11. The third-order valence-corrected chi connectivity index (χ3v) is 3.08. The van der Waals surface area contributed by atoms with Crippen LogP contribution in [-0.2, 0) is 16.0 Å². The summed E-state index contributed by atoms with van der Waals surface area (Å²) in [5.41, 5.74) is 11.6. The monoisotopic (exact) mass is 232 g/mol. The number of primary amides is 2. The van der Waals surface area contributed by atoms with Gasteiger partial charge in [-0.3, -0.25) is 14.4 Å². The number of fused-ring (bicyclic) bond motifs is 1. The Morgan fingerprint density at radius 1 is 1.12 bits per heavy atom. The van der Waals surface area contributed by atoms with Gasteiger partial charge in [0.25, 0.3) is 0 Å². The van der Waals surface area contributed by atoms with Crippen molar-refractivity contribution in [1.82, 2.24) is 0 Å². The fourth-order valence-electron chi connectivity index (χ4n) is 2.24. The molecule has 5 heteroatoms. The van der Waals surface area contributed by atoms with Crippen molar-refractivity contribution >= 4 is 17.6 Å². The highest BCUT2D eigenvalue weighted by Gasteiger charge is 2.41. The lowest BCUT2D eigenvalue weighted by Gasteiger charge is -2.27. The highest BCUT2D eigenvalue weighted by atomic mass is 16.2. The van der Waals surface area contributed by atoms with E-state index in [-0.39, 0.29) is 6.42 Å². The Bertz CT molecular complexity index is 510. The molecule has 0 aromatic heterocycles. The molecular weight excluding hydrogens is 220 g/mol. The van der Waals surface area contributed by atoms with Gasteiger partial charge in [-0.1, -0.05) is 24.3 Å². The molecule has 1 aliphatic carbocycles. The smallest absolute Gasteiger partial charge is 0.229 e. The number of ketones is 1. The number of hydrogen-bond acceptors (Lipinski definition) is 3. The van der Waals surface area contributed by atoms with E-state index in [1.54, 1.807) is 24.3 Å². The molecular formula is C12H12N2O3. The molecule has 1 aliphatic rings. The molecule has 0 heterocycles. The van der Waals surface area contributed by atoms with Crippen molar-refractivity contribution in [2.75, 3.05) is 0 Å². The minimum atomic E-state index is -1.14. The van der Waals surface area contributed by atoms with Gasteiger partial charge in [0, 0.05) is 5.56 Å². The van der Waals surface area contributed by atoms with Crippen LogP contribution in [0.15, 0.2) is 24.3 Å². The molecule has 0 fully saturated rings. The van der Waals surface area contributed by atoms with Crippen LogP contribution in [0.25, 0.3) is 0 Å². The zero-order valence-corrected chi connectivity index (χ0v) is 9.05. The van der Waals surface area contributed by atoms with Crippen molar-refractivity contribution in [3.63, 3.8) is 0 Å². The topological polar surface area (TPSA) is 103 Å². The molecule has 0 radical (unpaired) electrons. The quantitative estimate of drug-likeness (QED) is 0.680. The van der Waals surface area contributed by atoms with E-state index in [0.717, 1.165) is 5.56 Å². The van der Waals surface area contributed by atoms with Gasteiger partial charge >= 0.3 is 0 Å². The predicted octanol–water partition coefficient (Wildman–Crippen LogP) is -0.372. The number of amides is 2. The lowest BCUT2D eigenvalue weighted by Crippen LogP contribution is -2.46. The van der Waals surface area contributed by atoms with E-state index >= 15 is 0 Å². The lowest BCUT2D eigenvalue weighted by molar-refractivity contribution is -0.130. The van der Waals surface area contributed by atoms with Crippen LogP contribution < -0.4 is 11.5 Å². The molecule has 0 aliphatic heterocycles. The molecule has 2 rings (SSSR count). The highest BCUT2D eigenvalue weighted by Crippen LogP contribution is 2.29. The largest absolute Gasteiger partial charge is 0.369 e. The third-order valence-electron chi connectivity index (χ3n) is 3.08. The number of carbonyl (C=O) groups is 3. The minimum absolute atomic E-state index is 0.283. The second kappa shape index (κ2) is 4.01. The maximum absolute atomic E-state index is 12.1. The fourth-order valence-corrected chi connectivity index (χ4v) is 2.24. The van der Waals surface area contributed by atoms with Crippen LogP contribution in [0.1, 0.15) is 15.9 Å². The van der Waals surface area contributed by atoms with Crippen molar-refractivity contribution in [3.8, 4) is 0 Å². The molecule has 0 saturated carbocycles. The van der Waals surface area contributed by atoms with E-state index in [1.165, 1.54) is 0 Å². The molecule has 0 saturated heterocycles. The summed E-state index contributed by atoms with van der Waals surface area (Å²) in [4.78, 5) is 34.6. The summed E-state index contributed by atoms with van der Waals surface area (Å²) < 4.78 is 0. The van der Waals surface area contributed by atoms with Crippen molar-refractivity contribution in [2.45, 2.75) is 6.42 Å². The summed E-state index contributed by atoms with van der Waals surface area (Å²) in [5, 5.41) is 0. The van der Waals surface area contributed by atoms with Gasteiger partial charge in [0.2, 0.25) is 11.8 Å². The van der Waals surface area contributed by atoms with Crippen LogP contribution in [0.2, 0.25) is 0 Å². The standard InChI is InChI=1S/C12H12N2O3/c13-11(16)8-5-6-3-1-2-4-7(6)10(15)9(8)12(14)17/h1-4,8-9H,5H2,(H2,13,16)(H2,14,17)/t8-,9+/m0/s1. The molecule has 1 aromatic carbocycles. The third kappa shape index (κ3) is 1.80. The van der Waals surface area contributed by atoms with Gasteiger partial charge < -0.3 is 11.5 Å². The van der Waals surface area contributed by atoms with Crippen molar-refractivity contribution < 1.29 is 14.4 Å². The van der Waals surface area contributed by atoms with Crippen LogP contribution in [0.5, 0.6) is 0 Å². The van der Waals surface area contributed by atoms with Crippen molar-refractivity contribution in [3.05, 3.63) is 35.4 Å². The molecule has 5 nitrogen and oxygen atoms in total. The Kier molecular flexibility index (Phi) is 2.67. The summed E-state index contributed by atoms with van der Waals surface area (Å²) in [5.74, 6) is -3.86. The van der Waals surface area contributed by atoms with Gasteiger partial charge in [-0.05, 0) is 12.0 Å².